The number of rotatable bonds is 3. The highest BCUT2D eigenvalue weighted by Gasteiger charge is 2.07. The van der Waals surface area contributed by atoms with E-state index in [0.717, 1.165) is 22.6 Å². The number of nitrogens with zero attached hydrogens (tertiary/aromatic N) is 2. The van der Waals surface area contributed by atoms with E-state index in [0.29, 0.717) is 0 Å². The van der Waals surface area contributed by atoms with Crippen LogP contribution in [0.5, 0.6) is 0 Å². The van der Waals surface area contributed by atoms with Gasteiger partial charge in [0, 0.05) is 6.54 Å². The molecule has 1 aromatic carbocycles. The van der Waals surface area contributed by atoms with Crippen LogP contribution in [0.25, 0.3) is 10.2 Å². The Labute approximate surface area is 120 Å². The second-order valence-electron chi connectivity index (χ2n) is 4.26. The van der Waals surface area contributed by atoms with Gasteiger partial charge in [0.1, 0.15) is 10.6 Å². The van der Waals surface area contributed by atoms with E-state index in [2.05, 4.69) is 34.3 Å². The van der Waals surface area contributed by atoms with Gasteiger partial charge in [-0.15, -0.1) is 11.3 Å². The van der Waals surface area contributed by atoms with Gasteiger partial charge in [-0.25, -0.2) is 9.97 Å². The first-order valence-electron chi connectivity index (χ1n) is 5.93. The summed E-state index contributed by atoms with van der Waals surface area (Å²) in [4.78, 5) is 9.38. The fraction of sp³-hybridized carbons (Fsp3) is 0.143. The molecule has 96 valence electrons. The first kappa shape index (κ1) is 12.4. The topological polar surface area (TPSA) is 37.8 Å². The summed E-state index contributed by atoms with van der Waals surface area (Å²) in [5, 5.41) is 6.63. The number of hydrogen-bond acceptors (Lipinski definition) is 4. The summed E-state index contributed by atoms with van der Waals surface area (Å²) < 4.78 is 0. The Morgan fingerprint density at radius 3 is 2.89 bits per heavy atom. The van der Waals surface area contributed by atoms with Crippen LogP contribution < -0.4 is 5.32 Å². The van der Waals surface area contributed by atoms with Crippen molar-refractivity contribution in [2.75, 3.05) is 5.32 Å². The zero-order valence-electron chi connectivity index (χ0n) is 10.4. The molecule has 0 radical (unpaired) electrons. The van der Waals surface area contributed by atoms with Crippen molar-refractivity contribution in [1.29, 1.82) is 0 Å². The van der Waals surface area contributed by atoms with Crippen LogP contribution in [0.3, 0.4) is 0 Å². The molecule has 3 nitrogen and oxygen atoms in total. The SMILES string of the molecule is Cc1ccccc1CNc1nc(Cl)nc2sccc12. The molecule has 0 aliphatic heterocycles. The van der Waals surface area contributed by atoms with Gasteiger partial charge >= 0.3 is 0 Å². The molecular formula is C14H12ClN3S. The van der Waals surface area contributed by atoms with Crippen LogP contribution in [-0.4, -0.2) is 9.97 Å². The Morgan fingerprint density at radius 2 is 2.05 bits per heavy atom. The highest BCUT2D eigenvalue weighted by molar-refractivity contribution is 7.16. The standard InChI is InChI=1S/C14H12ClN3S/c1-9-4-2-3-5-10(9)8-16-12-11-6-7-19-13(11)18-14(15)17-12/h2-7H,8H2,1H3,(H,16,17,18). The predicted octanol–water partition coefficient (Wildman–Crippen LogP) is 4.27. The van der Waals surface area contributed by atoms with Crippen molar-refractivity contribution in [3.8, 4) is 0 Å². The van der Waals surface area contributed by atoms with Crippen molar-refractivity contribution in [2.45, 2.75) is 13.5 Å². The van der Waals surface area contributed by atoms with Crippen LogP contribution in [0.15, 0.2) is 35.7 Å². The van der Waals surface area contributed by atoms with Crippen molar-refractivity contribution in [3.05, 3.63) is 52.1 Å². The second-order valence-corrected chi connectivity index (χ2v) is 5.49. The lowest BCUT2D eigenvalue weighted by Gasteiger charge is -2.09. The maximum atomic E-state index is 5.94. The van der Waals surface area contributed by atoms with Gasteiger partial charge < -0.3 is 5.32 Å². The summed E-state index contributed by atoms with van der Waals surface area (Å²) in [6.07, 6.45) is 0. The largest absolute Gasteiger partial charge is 0.365 e. The van der Waals surface area contributed by atoms with Gasteiger partial charge in [0.05, 0.1) is 5.39 Å². The van der Waals surface area contributed by atoms with Gasteiger partial charge in [-0.2, -0.15) is 0 Å². The average Bonchev–Trinajstić information content (AvgIpc) is 2.85. The molecule has 0 amide bonds. The number of benzene rings is 1. The van der Waals surface area contributed by atoms with Gasteiger partial charge in [-0.05, 0) is 41.1 Å². The molecule has 0 saturated heterocycles. The minimum absolute atomic E-state index is 0.280. The first-order valence-corrected chi connectivity index (χ1v) is 7.19. The summed E-state index contributed by atoms with van der Waals surface area (Å²) in [6.45, 7) is 2.83. The minimum atomic E-state index is 0.280. The third-order valence-electron chi connectivity index (χ3n) is 3.01. The molecule has 19 heavy (non-hydrogen) atoms. The summed E-state index contributed by atoms with van der Waals surface area (Å²) in [5.41, 5.74) is 2.51. The summed E-state index contributed by atoms with van der Waals surface area (Å²) >= 11 is 7.50. The quantitative estimate of drug-likeness (QED) is 0.732. The van der Waals surface area contributed by atoms with Crippen LogP contribution in [0.4, 0.5) is 5.82 Å². The fourth-order valence-corrected chi connectivity index (χ4v) is 2.93. The van der Waals surface area contributed by atoms with Crippen LogP contribution >= 0.6 is 22.9 Å². The van der Waals surface area contributed by atoms with Crippen LogP contribution in [0, 0.1) is 6.92 Å². The van der Waals surface area contributed by atoms with Gasteiger partial charge in [-0.1, -0.05) is 24.3 Å². The monoisotopic (exact) mass is 289 g/mol. The number of nitrogens with one attached hydrogen (secondary N) is 1. The maximum Gasteiger partial charge on any atom is 0.225 e. The van der Waals surface area contributed by atoms with Crippen molar-refractivity contribution in [3.63, 3.8) is 0 Å². The second kappa shape index (κ2) is 5.15. The highest BCUT2D eigenvalue weighted by atomic mass is 35.5. The van der Waals surface area contributed by atoms with E-state index in [1.54, 1.807) is 11.3 Å². The lowest BCUT2D eigenvalue weighted by Crippen LogP contribution is -2.03. The Hall–Kier alpha value is -1.65. The number of thiophene rings is 1. The zero-order valence-corrected chi connectivity index (χ0v) is 11.9. The molecule has 1 N–H and O–H groups in total. The molecule has 0 spiro atoms. The minimum Gasteiger partial charge on any atom is -0.365 e. The molecule has 0 fully saturated rings. The maximum absolute atomic E-state index is 5.94. The fourth-order valence-electron chi connectivity index (χ4n) is 1.95. The Kier molecular flexibility index (Phi) is 3.36. The van der Waals surface area contributed by atoms with E-state index in [1.807, 2.05) is 23.6 Å². The van der Waals surface area contributed by atoms with Gasteiger partial charge in [0.2, 0.25) is 5.28 Å². The molecular weight excluding hydrogens is 278 g/mol. The lowest BCUT2D eigenvalue weighted by atomic mass is 10.1. The Morgan fingerprint density at radius 1 is 1.21 bits per heavy atom. The van der Waals surface area contributed by atoms with E-state index in [9.17, 15) is 0 Å². The normalized spacial score (nSPS) is 10.8. The van der Waals surface area contributed by atoms with Gasteiger partial charge in [0.15, 0.2) is 0 Å². The van der Waals surface area contributed by atoms with E-state index in [4.69, 9.17) is 11.6 Å². The highest BCUT2D eigenvalue weighted by Crippen LogP contribution is 2.26. The third kappa shape index (κ3) is 2.55. The Bertz CT molecular complexity index is 724. The van der Waals surface area contributed by atoms with Crippen molar-refractivity contribution in [2.24, 2.45) is 0 Å². The number of fused-ring (bicyclic) bond motifs is 1. The number of aromatic nitrogens is 2. The molecule has 2 heterocycles. The van der Waals surface area contributed by atoms with Gasteiger partial charge in [0.25, 0.3) is 0 Å². The lowest BCUT2D eigenvalue weighted by molar-refractivity contribution is 1.09. The van der Waals surface area contributed by atoms with Crippen LogP contribution in [-0.2, 0) is 6.54 Å². The summed E-state index contributed by atoms with van der Waals surface area (Å²) in [5.74, 6) is 0.791. The average molecular weight is 290 g/mol. The number of anilines is 1. The van der Waals surface area contributed by atoms with E-state index in [1.165, 1.54) is 11.1 Å². The molecule has 3 aromatic rings. The van der Waals surface area contributed by atoms with Crippen LogP contribution in [0.2, 0.25) is 5.28 Å². The summed E-state index contributed by atoms with van der Waals surface area (Å²) in [7, 11) is 0. The summed E-state index contributed by atoms with van der Waals surface area (Å²) in [6, 6.07) is 10.3. The van der Waals surface area contributed by atoms with Crippen molar-refractivity contribution in [1.82, 2.24) is 9.97 Å². The van der Waals surface area contributed by atoms with Crippen molar-refractivity contribution < 1.29 is 0 Å². The van der Waals surface area contributed by atoms with Gasteiger partial charge in [-0.3, -0.25) is 0 Å². The number of hydrogen-bond donors (Lipinski definition) is 1. The molecule has 0 aliphatic rings. The number of halogens is 1. The molecule has 0 unspecified atom stereocenters. The van der Waals surface area contributed by atoms with Crippen molar-refractivity contribution >= 4 is 39.0 Å². The number of aryl methyl sites for hydroxylation is 1. The third-order valence-corrected chi connectivity index (χ3v) is 3.98. The molecule has 0 aliphatic carbocycles. The molecule has 0 bridgehead atoms. The smallest absolute Gasteiger partial charge is 0.225 e. The van der Waals surface area contributed by atoms with E-state index in [-0.39, 0.29) is 5.28 Å². The van der Waals surface area contributed by atoms with E-state index >= 15 is 0 Å². The molecule has 5 heteroatoms. The molecule has 0 atom stereocenters. The van der Waals surface area contributed by atoms with E-state index < -0.39 is 0 Å². The Balaban J connectivity index is 1.90. The molecule has 2 aromatic heterocycles. The molecule has 3 rings (SSSR count). The predicted molar refractivity (Wildman–Crippen MR) is 80.9 cm³/mol. The first-order chi connectivity index (χ1) is 9.24. The molecule has 0 saturated carbocycles. The van der Waals surface area contributed by atoms with Crippen LogP contribution in [0.1, 0.15) is 11.1 Å². The zero-order chi connectivity index (χ0) is 13.2.